The quantitative estimate of drug-likeness (QED) is 0.655. The third-order valence-electron chi connectivity index (χ3n) is 3.85. The van der Waals surface area contributed by atoms with Gasteiger partial charge in [0.1, 0.15) is 5.76 Å². The molecule has 25 heavy (non-hydrogen) atoms. The standard InChI is InChI=1S/C22H19NO2/c1-16-20(22(24)23(2)3)19(15-14-17-10-6-4-7-11-17)21(25-16)18-12-8-5-9-13-18/h4-13H,1-3H3. The maximum Gasteiger partial charge on any atom is 0.258 e. The molecule has 0 aliphatic heterocycles. The van der Waals surface area contributed by atoms with E-state index < -0.39 is 0 Å². The maximum absolute atomic E-state index is 12.6. The second kappa shape index (κ2) is 7.11. The minimum absolute atomic E-state index is 0.110. The van der Waals surface area contributed by atoms with E-state index in [9.17, 15) is 4.79 Å². The summed E-state index contributed by atoms with van der Waals surface area (Å²) in [4.78, 5) is 14.2. The van der Waals surface area contributed by atoms with E-state index in [1.807, 2.05) is 60.7 Å². The number of carbonyl (C=O) groups excluding carboxylic acids is 1. The Morgan fingerprint density at radius 3 is 2.12 bits per heavy atom. The summed E-state index contributed by atoms with van der Waals surface area (Å²) in [6.45, 7) is 1.80. The van der Waals surface area contributed by atoms with Crippen molar-refractivity contribution in [1.29, 1.82) is 0 Å². The fourth-order valence-electron chi connectivity index (χ4n) is 2.59. The molecule has 3 aromatic rings. The number of aryl methyl sites for hydroxylation is 1. The van der Waals surface area contributed by atoms with Crippen LogP contribution in [-0.2, 0) is 0 Å². The molecule has 0 atom stereocenters. The van der Waals surface area contributed by atoms with Crippen LogP contribution in [0.5, 0.6) is 0 Å². The smallest absolute Gasteiger partial charge is 0.258 e. The second-order valence-corrected chi connectivity index (χ2v) is 5.92. The predicted octanol–water partition coefficient (Wildman–Crippen LogP) is 4.36. The molecule has 124 valence electrons. The van der Waals surface area contributed by atoms with Crippen molar-refractivity contribution in [3.05, 3.63) is 83.1 Å². The van der Waals surface area contributed by atoms with Gasteiger partial charge in [-0.05, 0) is 19.1 Å². The SMILES string of the molecule is Cc1oc(-c2ccccc2)c(C#Cc2ccccc2)c1C(=O)N(C)C. The molecule has 0 spiro atoms. The van der Waals surface area contributed by atoms with Gasteiger partial charge in [0.05, 0.1) is 11.1 Å². The van der Waals surface area contributed by atoms with Crippen molar-refractivity contribution in [2.75, 3.05) is 14.1 Å². The zero-order valence-electron chi connectivity index (χ0n) is 14.5. The van der Waals surface area contributed by atoms with Gasteiger partial charge < -0.3 is 9.32 Å². The van der Waals surface area contributed by atoms with Gasteiger partial charge in [-0.15, -0.1) is 0 Å². The average Bonchev–Trinajstić information content (AvgIpc) is 2.97. The van der Waals surface area contributed by atoms with Crippen LogP contribution in [-0.4, -0.2) is 24.9 Å². The molecule has 0 aliphatic rings. The number of furan rings is 1. The van der Waals surface area contributed by atoms with Gasteiger partial charge in [0.15, 0.2) is 5.76 Å². The van der Waals surface area contributed by atoms with Crippen molar-refractivity contribution >= 4 is 5.91 Å². The molecule has 0 radical (unpaired) electrons. The molecule has 3 rings (SSSR count). The number of hydrogen-bond donors (Lipinski definition) is 0. The van der Waals surface area contributed by atoms with E-state index in [0.717, 1.165) is 11.1 Å². The van der Waals surface area contributed by atoms with Crippen LogP contribution in [0.3, 0.4) is 0 Å². The molecule has 0 saturated heterocycles. The first kappa shape index (κ1) is 16.6. The van der Waals surface area contributed by atoms with Crippen molar-refractivity contribution in [3.8, 4) is 23.2 Å². The van der Waals surface area contributed by atoms with Crippen LogP contribution >= 0.6 is 0 Å². The molecule has 3 nitrogen and oxygen atoms in total. The molecule has 1 amide bonds. The molecule has 0 bridgehead atoms. The van der Waals surface area contributed by atoms with Crippen LogP contribution in [0.15, 0.2) is 65.1 Å². The molecular weight excluding hydrogens is 310 g/mol. The third kappa shape index (κ3) is 3.49. The highest BCUT2D eigenvalue weighted by Gasteiger charge is 2.24. The van der Waals surface area contributed by atoms with Crippen molar-refractivity contribution in [1.82, 2.24) is 4.90 Å². The highest BCUT2D eigenvalue weighted by Crippen LogP contribution is 2.31. The van der Waals surface area contributed by atoms with E-state index in [2.05, 4.69) is 11.8 Å². The van der Waals surface area contributed by atoms with E-state index >= 15 is 0 Å². The number of rotatable bonds is 2. The fourth-order valence-corrected chi connectivity index (χ4v) is 2.59. The summed E-state index contributed by atoms with van der Waals surface area (Å²) >= 11 is 0. The molecule has 1 heterocycles. The van der Waals surface area contributed by atoms with Gasteiger partial charge in [0, 0.05) is 25.2 Å². The van der Waals surface area contributed by atoms with Gasteiger partial charge in [0.25, 0.3) is 5.91 Å². The van der Waals surface area contributed by atoms with Crippen LogP contribution in [0.25, 0.3) is 11.3 Å². The first-order chi connectivity index (χ1) is 12.1. The number of benzene rings is 2. The summed E-state index contributed by atoms with van der Waals surface area (Å²) in [5.74, 6) is 7.40. The molecule has 0 N–H and O–H groups in total. The first-order valence-corrected chi connectivity index (χ1v) is 8.05. The molecule has 2 aromatic carbocycles. The molecule has 3 heteroatoms. The highest BCUT2D eigenvalue weighted by atomic mass is 16.3. The van der Waals surface area contributed by atoms with E-state index in [-0.39, 0.29) is 5.91 Å². The normalized spacial score (nSPS) is 10.0. The lowest BCUT2D eigenvalue weighted by atomic mass is 10.0. The van der Waals surface area contributed by atoms with E-state index in [4.69, 9.17) is 4.42 Å². The summed E-state index contributed by atoms with van der Waals surface area (Å²) in [7, 11) is 3.46. The lowest BCUT2D eigenvalue weighted by Gasteiger charge is -2.09. The average molecular weight is 329 g/mol. The third-order valence-corrected chi connectivity index (χ3v) is 3.85. The Morgan fingerprint density at radius 2 is 1.52 bits per heavy atom. The summed E-state index contributed by atoms with van der Waals surface area (Å²) in [5.41, 5.74) is 2.95. The molecule has 0 saturated carbocycles. The largest absolute Gasteiger partial charge is 0.459 e. The molecule has 1 aromatic heterocycles. The number of hydrogen-bond acceptors (Lipinski definition) is 2. The van der Waals surface area contributed by atoms with Gasteiger partial charge in [-0.2, -0.15) is 0 Å². The molecule has 0 unspecified atom stereocenters. The van der Waals surface area contributed by atoms with Crippen molar-refractivity contribution in [2.45, 2.75) is 6.92 Å². The Bertz CT molecular complexity index is 942. The van der Waals surface area contributed by atoms with Crippen molar-refractivity contribution in [3.63, 3.8) is 0 Å². The number of carbonyl (C=O) groups is 1. The first-order valence-electron chi connectivity index (χ1n) is 8.05. The van der Waals surface area contributed by atoms with Crippen molar-refractivity contribution in [2.24, 2.45) is 0 Å². The van der Waals surface area contributed by atoms with Crippen LogP contribution in [0, 0.1) is 18.8 Å². The van der Waals surface area contributed by atoms with Gasteiger partial charge >= 0.3 is 0 Å². The number of nitrogens with zero attached hydrogens (tertiary/aromatic N) is 1. The zero-order valence-corrected chi connectivity index (χ0v) is 14.5. The Labute approximate surface area is 147 Å². The van der Waals surface area contributed by atoms with Crippen LogP contribution in [0.1, 0.15) is 27.2 Å². The lowest BCUT2D eigenvalue weighted by Crippen LogP contribution is -2.22. The summed E-state index contributed by atoms with van der Waals surface area (Å²) in [6, 6.07) is 19.4. The van der Waals surface area contributed by atoms with E-state index in [1.165, 1.54) is 0 Å². The monoisotopic (exact) mass is 329 g/mol. The van der Waals surface area contributed by atoms with Crippen LogP contribution in [0.2, 0.25) is 0 Å². The van der Waals surface area contributed by atoms with Gasteiger partial charge in [-0.25, -0.2) is 0 Å². The van der Waals surface area contributed by atoms with Crippen LogP contribution < -0.4 is 0 Å². The Hall–Kier alpha value is -3.25. The molecular formula is C22H19NO2. The summed E-state index contributed by atoms with van der Waals surface area (Å²) in [5, 5.41) is 0. The van der Waals surface area contributed by atoms with Crippen molar-refractivity contribution < 1.29 is 9.21 Å². The van der Waals surface area contributed by atoms with E-state index in [0.29, 0.717) is 22.6 Å². The fraction of sp³-hybridized carbons (Fsp3) is 0.136. The van der Waals surface area contributed by atoms with Gasteiger partial charge in [-0.1, -0.05) is 60.4 Å². The maximum atomic E-state index is 12.6. The molecule has 0 aliphatic carbocycles. The minimum Gasteiger partial charge on any atom is -0.459 e. The predicted molar refractivity (Wildman–Crippen MR) is 99.3 cm³/mol. The van der Waals surface area contributed by atoms with Gasteiger partial charge in [-0.3, -0.25) is 4.79 Å². The minimum atomic E-state index is -0.110. The summed E-state index contributed by atoms with van der Waals surface area (Å²) < 4.78 is 5.94. The number of amides is 1. The van der Waals surface area contributed by atoms with Gasteiger partial charge in [0.2, 0.25) is 0 Å². The molecule has 0 fully saturated rings. The van der Waals surface area contributed by atoms with E-state index in [1.54, 1.807) is 25.9 Å². The topological polar surface area (TPSA) is 33.5 Å². The zero-order chi connectivity index (χ0) is 17.8. The Balaban J connectivity index is 2.19. The Kier molecular flexibility index (Phi) is 4.72. The lowest BCUT2D eigenvalue weighted by molar-refractivity contribution is 0.0825. The second-order valence-electron chi connectivity index (χ2n) is 5.92. The summed E-state index contributed by atoms with van der Waals surface area (Å²) in [6.07, 6.45) is 0. The Morgan fingerprint density at radius 1 is 0.920 bits per heavy atom. The highest BCUT2D eigenvalue weighted by molar-refractivity contribution is 5.99. The van der Waals surface area contributed by atoms with Crippen LogP contribution in [0.4, 0.5) is 0 Å².